The maximum atomic E-state index is 5.76. The van der Waals surface area contributed by atoms with Gasteiger partial charge >= 0.3 is 0 Å². The molecule has 1 unspecified atom stereocenters. The zero-order valence-corrected chi connectivity index (χ0v) is 16.5. The number of aryl methyl sites for hydroxylation is 2. The maximum Gasteiger partial charge on any atom is 0.180 e. The standard InChI is InChI=1S/C23H20N4S/c1-14-7-11-19(12-8-14)27-21(20-15(2)25-26-22(20)24-23(27)28)18-10-9-16-5-3-4-6-17(16)13-18/h3-13,21H,1-2H3,(H2,24,25,26,28). The molecule has 0 amide bonds. The van der Waals surface area contributed by atoms with E-state index in [4.69, 9.17) is 12.2 Å². The van der Waals surface area contributed by atoms with Crippen LogP contribution in [0.2, 0.25) is 0 Å². The topological polar surface area (TPSA) is 44.0 Å². The van der Waals surface area contributed by atoms with Crippen molar-refractivity contribution < 1.29 is 0 Å². The minimum absolute atomic E-state index is 0.0465. The van der Waals surface area contributed by atoms with E-state index in [1.54, 1.807) is 0 Å². The van der Waals surface area contributed by atoms with Crippen molar-refractivity contribution in [1.29, 1.82) is 0 Å². The molecular formula is C23H20N4S. The van der Waals surface area contributed by atoms with Gasteiger partial charge < -0.3 is 10.2 Å². The Morgan fingerprint density at radius 2 is 1.68 bits per heavy atom. The molecule has 0 saturated carbocycles. The van der Waals surface area contributed by atoms with E-state index in [9.17, 15) is 0 Å². The molecule has 0 aliphatic carbocycles. The van der Waals surface area contributed by atoms with Gasteiger partial charge in [-0.25, -0.2) is 0 Å². The predicted octanol–water partition coefficient (Wildman–Crippen LogP) is 5.49. The van der Waals surface area contributed by atoms with Crippen LogP contribution in [0.4, 0.5) is 11.5 Å². The highest BCUT2D eigenvalue weighted by Crippen LogP contribution is 2.41. The van der Waals surface area contributed by atoms with Gasteiger partial charge in [0.25, 0.3) is 0 Å². The van der Waals surface area contributed by atoms with Crippen LogP contribution in [0, 0.1) is 13.8 Å². The number of thiocarbonyl (C=S) groups is 1. The van der Waals surface area contributed by atoms with E-state index in [-0.39, 0.29) is 6.04 Å². The first-order valence-electron chi connectivity index (χ1n) is 9.32. The molecule has 0 fully saturated rings. The number of benzene rings is 3. The average molecular weight is 385 g/mol. The van der Waals surface area contributed by atoms with Crippen LogP contribution in [-0.4, -0.2) is 15.3 Å². The van der Waals surface area contributed by atoms with E-state index in [2.05, 4.69) is 101 Å². The fourth-order valence-electron chi connectivity index (χ4n) is 3.94. The number of hydrogen-bond acceptors (Lipinski definition) is 2. The highest BCUT2D eigenvalue weighted by molar-refractivity contribution is 7.80. The van der Waals surface area contributed by atoms with E-state index >= 15 is 0 Å². The van der Waals surface area contributed by atoms with E-state index in [1.807, 2.05) is 0 Å². The summed E-state index contributed by atoms with van der Waals surface area (Å²) in [4.78, 5) is 2.18. The summed E-state index contributed by atoms with van der Waals surface area (Å²) in [6, 6.07) is 23.5. The van der Waals surface area contributed by atoms with Gasteiger partial charge in [-0.05, 0) is 60.6 Å². The summed E-state index contributed by atoms with van der Waals surface area (Å²) in [5.74, 6) is 0.809. The lowest BCUT2D eigenvalue weighted by molar-refractivity contribution is 0.828. The summed E-state index contributed by atoms with van der Waals surface area (Å²) in [6.07, 6.45) is 0. The number of anilines is 2. The Morgan fingerprint density at radius 1 is 0.929 bits per heavy atom. The second-order valence-corrected chi connectivity index (χ2v) is 7.64. The Labute approximate surface area is 169 Å². The SMILES string of the molecule is Cc1ccc(N2C(=S)Nc3n[nH]c(C)c3C2c2ccc3ccccc3c2)cc1. The zero-order chi connectivity index (χ0) is 19.3. The molecule has 4 aromatic rings. The quantitative estimate of drug-likeness (QED) is 0.449. The van der Waals surface area contributed by atoms with E-state index in [0.29, 0.717) is 5.11 Å². The summed E-state index contributed by atoms with van der Waals surface area (Å²) < 4.78 is 0. The lowest BCUT2D eigenvalue weighted by Crippen LogP contribution is -2.42. The van der Waals surface area contributed by atoms with Crippen LogP contribution in [-0.2, 0) is 0 Å². The number of nitrogens with one attached hydrogen (secondary N) is 2. The molecule has 2 heterocycles. The van der Waals surface area contributed by atoms with Gasteiger partial charge in [-0.3, -0.25) is 5.10 Å². The Kier molecular flexibility index (Phi) is 3.91. The van der Waals surface area contributed by atoms with Crippen molar-refractivity contribution in [3.8, 4) is 0 Å². The van der Waals surface area contributed by atoms with Gasteiger partial charge in [0.05, 0.1) is 6.04 Å². The van der Waals surface area contributed by atoms with Gasteiger partial charge in [0.2, 0.25) is 0 Å². The molecule has 1 aromatic heterocycles. The molecule has 0 saturated heterocycles. The summed E-state index contributed by atoms with van der Waals surface area (Å²) in [5.41, 5.74) is 5.65. The van der Waals surface area contributed by atoms with Crippen LogP contribution in [0.1, 0.15) is 28.4 Å². The number of aromatic amines is 1. The Morgan fingerprint density at radius 3 is 2.46 bits per heavy atom. The number of rotatable bonds is 2. The lowest BCUT2D eigenvalue weighted by atomic mass is 9.93. The van der Waals surface area contributed by atoms with Crippen LogP contribution in [0.25, 0.3) is 10.8 Å². The third kappa shape index (κ3) is 2.67. The zero-order valence-electron chi connectivity index (χ0n) is 15.7. The van der Waals surface area contributed by atoms with Crippen molar-refractivity contribution in [1.82, 2.24) is 10.2 Å². The van der Waals surface area contributed by atoms with Crippen molar-refractivity contribution in [2.45, 2.75) is 19.9 Å². The molecule has 1 atom stereocenters. The number of H-pyrrole nitrogens is 1. The van der Waals surface area contributed by atoms with Gasteiger partial charge in [-0.2, -0.15) is 5.10 Å². The molecule has 5 rings (SSSR count). The number of fused-ring (bicyclic) bond motifs is 2. The van der Waals surface area contributed by atoms with Crippen LogP contribution in [0.3, 0.4) is 0 Å². The summed E-state index contributed by atoms with van der Waals surface area (Å²) in [7, 11) is 0. The lowest BCUT2D eigenvalue weighted by Gasteiger charge is -2.38. The first-order valence-corrected chi connectivity index (χ1v) is 9.73. The molecule has 0 bridgehead atoms. The largest absolute Gasteiger partial charge is 0.315 e. The van der Waals surface area contributed by atoms with Crippen molar-refractivity contribution in [3.63, 3.8) is 0 Å². The second-order valence-electron chi connectivity index (χ2n) is 7.26. The second kappa shape index (κ2) is 6.46. The Hall–Kier alpha value is -3.18. The third-order valence-corrected chi connectivity index (χ3v) is 5.67. The monoisotopic (exact) mass is 384 g/mol. The van der Waals surface area contributed by atoms with E-state index < -0.39 is 0 Å². The first kappa shape index (κ1) is 17.0. The van der Waals surface area contributed by atoms with Gasteiger partial charge in [0.1, 0.15) is 0 Å². The third-order valence-electron chi connectivity index (χ3n) is 5.37. The predicted molar refractivity (Wildman–Crippen MR) is 119 cm³/mol. The average Bonchev–Trinajstić information content (AvgIpc) is 3.07. The van der Waals surface area contributed by atoms with Crippen LogP contribution < -0.4 is 10.2 Å². The molecule has 1 aliphatic heterocycles. The molecular weight excluding hydrogens is 364 g/mol. The van der Waals surface area contributed by atoms with Crippen molar-refractivity contribution >= 4 is 39.6 Å². The van der Waals surface area contributed by atoms with Crippen molar-refractivity contribution in [3.05, 3.63) is 89.1 Å². The molecule has 2 N–H and O–H groups in total. The molecule has 0 spiro atoms. The van der Waals surface area contributed by atoms with Gasteiger partial charge in [0.15, 0.2) is 10.9 Å². The molecule has 138 valence electrons. The number of nitrogens with zero attached hydrogens (tertiary/aromatic N) is 2. The maximum absolute atomic E-state index is 5.76. The molecule has 3 aromatic carbocycles. The molecule has 5 heteroatoms. The Balaban J connectivity index is 1.73. The smallest absolute Gasteiger partial charge is 0.180 e. The van der Waals surface area contributed by atoms with Crippen LogP contribution in [0.5, 0.6) is 0 Å². The van der Waals surface area contributed by atoms with E-state index in [0.717, 1.165) is 22.8 Å². The van der Waals surface area contributed by atoms with E-state index in [1.165, 1.54) is 21.9 Å². The highest BCUT2D eigenvalue weighted by atomic mass is 32.1. The van der Waals surface area contributed by atoms with Crippen LogP contribution in [0.15, 0.2) is 66.7 Å². The Bertz CT molecular complexity index is 1190. The fraction of sp³-hybridized carbons (Fsp3) is 0.130. The van der Waals surface area contributed by atoms with Crippen molar-refractivity contribution in [2.24, 2.45) is 0 Å². The minimum atomic E-state index is -0.0465. The molecule has 4 nitrogen and oxygen atoms in total. The van der Waals surface area contributed by atoms with Gasteiger partial charge in [0, 0.05) is 16.9 Å². The first-order chi connectivity index (χ1) is 13.6. The van der Waals surface area contributed by atoms with Gasteiger partial charge in [-0.15, -0.1) is 0 Å². The van der Waals surface area contributed by atoms with Crippen molar-refractivity contribution in [2.75, 3.05) is 10.2 Å². The molecule has 28 heavy (non-hydrogen) atoms. The molecule has 0 radical (unpaired) electrons. The minimum Gasteiger partial charge on any atom is -0.315 e. The number of aromatic nitrogens is 2. The number of hydrogen-bond donors (Lipinski definition) is 2. The summed E-state index contributed by atoms with van der Waals surface area (Å²) in [6.45, 7) is 4.15. The normalized spacial score (nSPS) is 16.1. The highest BCUT2D eigenvalue weighted by Gasteiger charge is 2.35. The summed E-state index contributed by atoms with van der Waals surface area (Å²) >= 11 is 5.76. The summed E-state index contributed by atoms with van der Waals surface area (Å²) in [5, 5.41) is 14.0. The molecule has 1 aliphatic rings. The van der Waals surface area contributed by atoms with Crippen LogP contribution >= 0.6 is 12.2 Å². The fourth-order valence-corrected chi connectivity index (χ4v) is 4.25. The van der Waals surface area contributed by atoms with Gasteiger partial charge in [-0.1, -0.05) is 54.1 Å².